The van der Waals surface area contributed by atoms with Gasteiger partial charge in [0, 0.05) is 22.3 Å². The summed E-state index contributed by atoms with van der Waals surface area (Å²) in [6.45, 7) is 26.5. The molecule has 2 aromatic rings. The fourth-order valence-corrected chi connectivity index (χ4v) is 3.88. The van der Waals surface area contributed by atoms with E-state index in [-0.39, 0.29) is 81.5 Å². The summed E-state index contributed by atoms with van der Waals surface area (Å²) in [7, 11) is 0. The van der Waals surface area contributed by atoms with Crippen LogP contribution in [0.25, 0.3) is 11.1 Å². The third-order valence-corrected chi connectivity index (χ3v) is 6.29. The Balaban J connectivity index is -0.00000272. The fraction of sp³-hybridized carbons (Fsp3) is 0.552. The first-order valence-electron chi connectivity index (χ1n) is 11.5. The number of rotatable bonds is 2. The summed E-state index contributed by atoms with van der Waals surface area (Å²) >= 11 is 0. The zero-order valence-electron chi connectivity index (χ0n) is 24.1. The van der Waals surface area contributed by atoms with E-state index in [1.807, 2.05) is 34.6 Å². The van der Waals surface area contributed by atoms with E-state index in [0.29, 0.717) is 5.75 Å². The molecule has 0 aliphatic heterocycles. The molecule has 0 bridgehead atoms. The van der Waals surface area contributed by atoms with E-state index in [2.05, 4.69) is 67.5 Å². The van der Waals surface area contributed by atoms with Gasteiger partial charge in [-0.25, -0.2) is 0 Å². The maximum atomic E-state index is 13.1. The molecule has 0 aliphatic rings. The first kappa shape index (κ1) is 39.8. The van der Waals surface area contributed by atoms with Crippen LogP contribution in [0.4, 0.5) is 0 Å². The number of hydrogen-bond acceptors (Lipinski definition) is 3. The number of halogens is 3. The Kier molecular flexibility index (Phi) is 14.8. The summed E-state index contributed by atoms with van der Waals surface area (Å²) in [5.41, 5.74) is 6.53. The number of aryl methyl sites for hydroxylation is 2. The van der Waals surface area contributed by atoms with Gasteiger partial charge < -0.3 is 47.1 Å². The van der Waals surface area contributed by atoms with Gasteiger partial charge in [0.25, 0.3) is 0 Å². The summed E-state index contributed by atoms with van der Waals surface area (Å²) in [6, 6.07) is 4.20. The molecule has 0 saturated heterocycles. The number of phenols is 1. The van der Waals surface area contributed by atoms with Crippen LogP contribution in [0, 0.1) is 33.1 Å². The average Bonchev–Trinajstić information content (AvgIpc) is 2.60. The van der Waals surface area contributed by atoms with Crippen LogP contribution < -0.4 is 42.0 Å². The van der Waals surface area contributed by atoms with E-state index in [4.69, 9.17) is 4.74 Å². The van der Waals surface area contributed by atoms with Crippen molar-refractivity contribution in [2.75, 3.05) is 0 Å². The number of phenolic OH excluding ortho intramolecular Hbond substituents is 1. The smallest absolute Gasteiger partial charge is 1.00 e. The molecule has 0 spiro atoms. The number of aromatic hydroxyl groups is 1. The largest absolute Gasteiger partial charge is 3.00 e. The summed E-state index contributed by atoms with van der Waals surface area (Å²) in [5, 5.41) is 11.6. The molecule has 3 nitrogen and oxygen atoms in total. The molecule has 7 heteroatoms. The molecular formula is C29H42Cl3O3Ti. The topological polar surface area (TPSA) is 46.5 Å². The van der Waals surface area contributed by atoms with E-state index in [0.717, 1.165) is 44.5 Å². The van der Waals surface area contributed by atoms with Crippen LogP contribution >= 0.6 is 0 Å². The van der Waals surface area contributed by atoms with Crippen LogP contribution in [-0.4, -0.2) is 11.1 Å². The number of esters is 1. The molecule has 0 heterocycles. The predicted octanol–water partition coefficient (Wildman–Crippen LogP) is -1.15. The minimum absolute atomic E-state index is 0. The minimum atomic E-state index is -0.647. The number of benzene rings is 2. The molecule has 0 fully saturated rings. The van der Waals surface area contributed by atoms with Crippen LogP contribution in [0.15, 0.2) is 12.1 Å². The van der Waals surface area contributed by atoms with Crippen LogP contribution in [0.1, 0.15) is 95.7 Å². The van der Waals surface area contributed by atoms with Crippen molar-refractivity contribution in [1.29, 1.82) is 0 Å². The predicted molar refractivity (Wildman–Crippen MR) is 135 cm³/mol. The zero-order valence-corrected chi connectivity index (χ0v) is 27.9. The number of ether oxygens (including phenoxy) is 1. The number of carbonyl (C=O) groups is 1. The standard InChI is InChI=1S/C29H42O3.3ClH.Ti/c1-16-14-20(27(5,6)7)24(30)22(18(16)3)23-19(4)17(2)15-21(28(8,9)10)25(23)32-26(31)29(11,12)13;;;;/h14-15,30H,1-13H3;3*1H;/q;;;;+3/p-3. The Hall–Kier alpha value is -0.706. The Morgan fingerprint density at radius 1 is 0.694 bits per heavy atom. The monoisotopic (exact) mass is 591 g/mol. The molecule has 0 atom stereocenters. The molecular weight excluding hydrogens is 551 g/mol. The SMILES string of the molecule is Cc1cc(C(C)(C)C)c(O)c(-c2c(C)c(C)cc(C(C)(C)C)c2OC(=O)C(C)(C)C)c1C.[Cl-].[Cl-].[Cl-].[Ti+3]. The molecule has 0 aromatic heterocycles. The third-order valence-electron chi connectivity index (χ3n) is 6.29. The van der Waals surface area contributed by atoms with E-state index < -0.39 is 5.41 Å². The summed E-state index contributed by atoms with van der Waals surface area (Å²) < 4.78 is 6.18. The van der Waals surface area contributed by atoms with Crippen LogP contribution in [0.2, 0.25) is 0 Å². The minimum Gasteiger partial charge on any atom is -1.00 e. The molecule has 0 amide bonds. The van der Waals surface area contributed by atoms with Crippen molar-refractivity contribution < 1.29 is 73.6 Å². The molecule has 0 unspecified atom stereocenters. The van der Waals surface area contributed by atoms with E-state index in [1.54, 1.807) is 0 Å². The first-order valence-corrected chi connectivity index (χ1v) is 11.5. The van der Waals surface area contributed by atoms with Gasteiger partial charge in [0.2, 0.25) is 0 Å². The average molecular weight is 593 g/mol. The summed E-state index contributed by atoms with van der Waals surface area (Å²) in [5.74, 6) is 0.542. The van der Waals surface area contributed by atoms with Crippen LogP contribution in [0.3, 0.4) is 0 Å². The van der Waals surface area contributed by atoms with Crippen molar-refractivity contribution in [3.63, 3.8) is 0 Å². The molecule has 0 aliphatic carbocycles. The molecule has 36 heavy (non-hydrogen) atoms. The quantitative estimate of drug-likeness (QED) is 0.272. The Bertz CT molecular complexity index is 1070. The second-order valence-electron chi connectivity index (χ2n) is 12.3. The van der Waals surface area contributed by atoms with Crippen molar-refractivity contribution >= 4 is 5.97 Å². The van der Waals surface area contributed by atoms with E-state index in [9.17, 15) is 9.90 Å². The summed E-state index contributed by atoms with van der Waals surface area (Å²) in [4.78, 5) is 13.1. The molecule has 201 valence electrons. The van der Waals surface area contributed by atoms with Gasteiger partial charge in [-0.1, -0.05) is 53.7 Å². The Morgan fingerprint density at radius 3 is 1.42 bits per heavy atom. The number of carbonyl (C=O) groups excluding carboxylic acids is 1. The number of hydrogen-bond donors (Lipinski definition) is 1. The van der Waals surface area contributed by atoms with Gasteiger partial charge in [-0.3, -0.25) is 4.79 Å². The summed E-state index contributed by atoms with van der Waals surface area (Å²) in [6.07, 6.45) is 0. The van der Waals surface area contributed by atoms with Gasteiger partial charge in [0.15, 0.2) is 0 Å². The molecule has 0 saturated carbocycles. The van der Waals surface area contributed by atoms with E-state index in [1.165, 1.54) is 0 Å². The van der Waals surface area contributed by atoms with Crippen LogP contribution in [0.5, 0.6) is 11.5 Å². The van der Waals surface area contributed by atoms with Gasteiger partial charge in [0.1, 0.15) is 11.5 Å². The third kappa shape index (κ3) is 8.14. The van der Waals surface area contributed by atoms with E-state index >= 15 is 0 Å². The normalized spacial score (nSPS) is 11.4. The second kappa shape index (κ2) is 13.4. The molecule has 2 rings (SSSR count). The van der Waals surface area contributed by atoms with Gasteiger partial charge in [-0.2, -0.15) is 0 Å². The fourth-order valence-electron chi connectivity index (χ4n) is 3.88. The van der Waals surface area contributed by atoms with Crippen LogP contribution in [-0.2, 0) is 37.3 Å². The second-order valence-corrected chi connectivity index (χ2v) is 12.3. The van der Waals surface area contributed by atoms with Gasteiger partial charge in [-0.05, 0) is 81.5 Å². The van der Waals surface area contributed by atoms with Gasteiger partial charge in [-0.15, -0.1) is 0 Å². The molecule has 1 radical (unpaired) electrons. The Morgan fingerprint density at radius 2 is 1.06 bits per heavy atom. The Labute approximate surface area is 252 Å². The maximum absolute atomic E-state index is 13.1. The first-order chi connectivity index (χ1) is 14.3. The van der Waals surface area contributed by atoms with Crippen molar-refractivity contribution in [2.24, 2.45) is 5.41 Å². The van der Waals surface area contributed by atoms with Gasteiger partial charge >= 0.3 is 27.7 Å². The van der Waals surface area contributed by atoms with Crippen molar-refractivity contribution in [1.82, 2.24) is 0 Å². The van der Waals surface area contributed by atoms with Crippen molar-refractivity contribution in [2.45, 2.75) is 101 Å². The van der Waals surface area contributed by atoms with Crippen molar-refractivity contribution in [3.8, 4) is 22.6 Å². The van der Waals surface area contributed by atoms with Gasteiger partial charge in [0.05, 0.1) is 5.41 Å². The maximum Gasteiger partial charge on any atom is 3.00 e. The molecule has 1 N–H and O–H groups in total. The van der Waals surface area contributed by atoms with Crippen molar-refractivity contribution in [3.05, 3.63) is 45.5 Å². The zero-order chi connectivity index (χ0) is 25.0. The molecule has 2 aromatic carbocycles.